The van der Waals surface area contributed by atoms with Crippen molar-refractivity contribution in [3.8, 4) is 0 Å². The summed E-state index contributed by atoms with van der Waals surface area (Å²) in [5.41, 5.74) is 0. The lowest BCUT2D eigenvalue weighted by Gasteiger charge is -2.12. The molecule has 0 aromatic carbocycles. The number of aliphatic imine (C=N–C) groups is 1. The van der Waals surface area contributed by atoms with Crippen LogP contribution >= 0.6 is 35.3 Å². The summed E-state index contributed by atoms with van der Waals surface area (Å²) in [5.74, 6) is 2.50. The summed E-state index contributed by atoms with van der Waals surface area (Å²) in [6.45, 7) is 4.71. The van der Waals surface area contributed by atoms with Crippen LogP contribution in [0.1, 0.15) is 22.9 Å². The number of halogens is 1. The Bertz CT molecular complexity index is 614. The fraction of sp³-hybridized carbons (Fsp3) is 0.533. The van der Waals surface area contributed by atoms with Crippen molar-refractivity contribution >= 4 is 41.3 Å². The third kappa shape index (κ3) is 6.73. The molecule has 0 saturated heterocycles. The molecule has 2 N–H and O–H groups in total. The first-order valence-corrected chi connectivity index (χ1v) is 8.47. The Kier molecular flexibility index (Phi) is 9.88. The van der Waals surface area contributed by atoms with E-state index in [2.05, 4.69) is 37.3 Å². The number of aromatic nitrogens is 3. The van der Waals surface area contributed by atoms with Crippen LogP contribution in [0.3, 0.4) is 0 Å². The van der Waals surface area contributed by atoms with Gasteiger partial charge in [0.2, 0.25) is 0 Å². The Hall–Kier alpha value is -1.20. The number of aryl methyl sites for hydroxylation is 1. The molecule has 2 aromatic heterocycles. The van der Waals surface area contributed by atoms with Gasteiger partial charge in [0.15, 0.2) is 11.8 Å². The predicted octanol–water partition coefficient (Wildman–Crippen LogP) is 2.07. The van der Waals surface area contributed by atoms with Gasteiger partial charge in [-0.15, -0.1) is 45.5 Å². The van der Waals surface area contributed by atoms with E-state index >= 15 is 0 Å². The molecule has 2 aromatic rings. The van der Waals surface area contributed by atoms with Gasteiger partial charge in [0.1, 0.15) is 12.4 Å². The lowest BCUT2D eigenvalue weighted by Crippen LogP contribution is -2.37. The quantitative estimate of drug-likeness (QED) is 0.271. The van der Waals surface area contributed by atoms with E-state index in [1.807, 2.05) is 24.6 Å². The molecule has 0 bridgehead atoms. The first-order chi connectivity index (χ1) is 11.2. The summed E-state index contributed by atoms with van der Waals surface area (Å²) >= 11 is 1.73. The van der Waals surface area contributed by atoms with E-state index in [1.165, 1.54) is 4.88 Å². The largest absolute Gasteiger partial charge is 0.385 e. The van der Waals surface area contributed by atoms with Gasteiger partial charge in [-0.3, -0.25) is 0 Å². The Morgan fingerprint density at radius 1 is 1.38 bits per heavy atom. The summed E-state index contributed by atoms with van der Waals surface area (Å²) in [6, 6.07) is 4.15. The van der Waals surface area contributed by atoms with Crippen molar-refractivity contribution in [2.75, 3.05) is 20.3 Å². The molecule has 0 aliphatic rings. The Morgan fingerprint density at radius 2 is 2.21 bits per heavy atom. The number of hydrogen-bond acceptors (Lipinski definition) is 5. The van der Waals surface area contributed by atoms with Gasteiger partial charge in [-0.2, -0.15) is 0 Å². The van der Waals surface area contributed by atoms with Gasteiger partial charge in [-0.05, 0) is 24.8 Å². The van der Waals surface area contributed by atoms with Gasteiger partial charge in [0.25, 0.3) is 0 Å². The summed E-state index contributed by atoms with van der Waals surface area (Å²) in [6.07, 6.45) is 0.930. The lowest BCUT2D eigenvalue weighted by atomic mass is 10.4. The zero-order valence-corrected chi connectivity index (χ0v) is 17.4. The Balaban J connectivity index is 0.00000288. The van der Waals surface area contributed by atoms with Gasteiger partial charge in [-0.25, -0.2) is 4.99 Å². The van der Waals surface area contributed by atoms with Crippen LogP contribution in [-0.2, 0) is 24.9 Å². The number of rotatable bonds is 8. The highest BCUT2D eigenvalue weighted by Crippen LogP contribution is 2.07. The maximum absolute atomic E-state index is 5.07. The average molecular weight is 464 g/mol. The molecule has 0 unspecified atom stereocenters. The zero-order valence-electron chi connectivity index (χ0n) is 14.3. The second-order valence-electron chi connectivity index (χ2n) is 5.09. The van der Waals surface area contributed by atoms with Gasteiger partial charge < -0.3 is 19.9 Å². The summed E-state index contributed by atoms with van der Waals surface area (Å²) in [4.78, 5) is 5.87. The van der Waals surface area contributed by atoms with Crippen LogP contribution in [0, 0.1) is 6.92 Å². The predicted molar refractivity (Wildman–Crippen MR) is 108 cm³/mol. The van der Waals surface area contributed by atoms with E-state index in [-0.39, 0.29) is 24.0 Å². The van der Waals surface area contributed by atoms with Crippen molar-refractivity contribution in [1.29, 1.82) is 0 Å². The molecule has 0 radical (unpaired) electrons. The van der Waals surface area contributed by atoms with E-state index in [4.69, 9.17) is 4.74 Å². The third-order valence-electron chi connectivity index (χ3n) is 3.39. The highest BCUT2D eigenvalue weighted by atomic mass is 127. The molecule has 0 saturated carbocycles. The molecule has 0 spiro atoms. The molecule has 0 amide bonds. The van der Waals surface area contributed by atoms with E-state index < -0.39 is 0 Å². The van der Waals surface area contributed by atoms with Gasteiger partial charge in [-0.1, -0.05) is 6.07 Å². The van der Waals surface area contributed by atoms with Gasteiger partial charge in [0, 0.05) is 32.2 Å². The van der Waals surface area contributed by atoms with Crippen LogP contribution in [-0.4, -0.2) is 41.0 Å². The number of hydrogen-bond donors (Lipinski definition) is 2. The van der Waals surface area contributed by atoms with E-state index in [0.29, 0.717) is 6.54 Å². The van der Waals surface area contributed by atoms with E-state index in [1.54, 1.807) is 18.4 Å². The SMILES string of the molecule is COCCCNC(=NCc1nnc(C)n1C)NCc1cccs1.I. The van der Waals surface area contributed by atoms with Gasteiger partial charge >= 0.3 is 0 Å². The number of nitrogens with one attached hydrogen (secondary N) is 2. The number of guanidine groups is 1. The molecule has 9 heteroatoms. The molecular formula is C15H25IN6OS. The van der Waals surface area contributed by atoms with Crippen molar-refractivity contribution in [1.82, 2.24) is 25.4 Å². The second kappa shape index (κ2) is 11.4. The normalized spacial score (nSPS) is 11.2. The smallest absolute Gasteiger partial charge is 0.192 e. The maximum atomic E-state index is 5.07. The summed E-state index contributed by atoms with van der Waals surface area (Å²) in [5, 5.41) is 16.9. The first kappa shape index (κ1) is 20.8. The minimum atomic E-state index is 0. The highest BCUT2D eigenvalue weighted by Gasteiger charge is 2.05. The Labute approximate surface area is 163 Å². The van der Waals surface area contributed by atoms with Gasteiger partial charge in [0.05, 0.1) is 6.54 Å². The first-order valence-electron chi connectivity index (χ1n) is 7.59. The fourth-order valence-corrected chi connectivity index (χ4v) is 2.56. The molecule has 0 atom stereocenters. The molecule has 0 aliphatic heterocycles. The molecule has 2 heterocycles. The molecule has 0 fully saturated rings. The zero-order chi connectivity index (χ0) is 16.5. The topological polar surface area (TPSA) is 76.4 Å². The monoisotopic (exact) mass is 464 g/mol. The number of ether oxygens (including phenoxy) is 1. The molecule has 2 rings (SSSR count). The van der Waals surface area contributed by atoms with Crippen molar-refractivity contribution < 1.29 is 4.74 Å². The standard InChI is InChI=1S/C15H24N6OS.HI/c1-12-19-20-14(21(12)2)11-18-15(16-7-5-8-22-3)17-10-13-6-4-9-23-13;/h4,6,9H,5,7-8,10-11H2,1-3H3,(H2,16,17,18);1H. The van der Waals surface area contributed by atoms with Crippen LogP contribution in [0.4, 0.5) is 0 Å². The lowest BCUT2D eigenvalue weighted by molar-refractivity contribution is 0.195. The highest BCUT2D eigenvalue weighted by molar-refractivity contribution is 14.0. The fourth-order valence-electron chi connectivity index (χ4n) is 1.92. The van der Waals surface area contributed by atoms with Crippen LogP contribution in [0.5, 0.6) is 0 Å². The van der Waals surface area contributed by atoms with Crippen LogP contribution in [0.15, 0.2) is 22.5 Å². The van der Waals surface area contributed by atoms with E-state index in [9.17, 15) is 0 Å². The van der Waals surface area contributed by atoms with Crippen molar-refractivity contribution in [3.05, 3.63) is 34.0 Å². The maximum Gasteiger partial charge on any atom is 0.192 e. The number of thiophene rings is 1. The van der Waals surface area contributed by atoms with Crippen LogP contribution in [0.25, 0.3) is 0 Å². The van der Waals surface area contributed by atoms with E-state index in [0.717, 1.165) is 43.7 Å². The van der Waals surface area contributed by atoms with Crippen LogP contribution in [0.2, 0.25) is 0 Å². The molecule has 24 heavy (non-hydrogen) atoms. The summed E-state index contributed by atoms with van der Waals surface area (Å²) < 4.78 is 7.02. The minimum absolute atomic E-state index is 0. The van der Waals surface area contributed by atoms with Crippen molar-refractivity contribution in [2.24, 2.45) is 12.0 Å². The van der Waals surface area contributed by atoms with Crippen molar-refractivity contribution in [3.63, 3.8) is 0 Å². The van der Waals surface area contributed by atoms with Crippen molar-refractivity contribution in [2.45, 2.75) is 26.4 Å². The molecule has 0 aliphatic carbocycles. The molecular weight excluding hydrogens is 439 g/mol. The molecule has 7 nitrogen and oxygen atoms in total. The number of nitrogens with zero attached hydrogens (tertiary/aromatic N) is 4. The average Bonchev–Trinajstić information content (AvgIpc) is 3.18. The minimum Gasteiger partial charge on any atom is -0.385 e. The molecule has 134 valence electrons. The van der Waals surface area contributed by atoms with Crippen LogP contribution < -0.4 is 10.6 Å². The third-order valence-corrected chi connectivity index (χ3v) is 4.27. The number of methoxy groups -OCH3 is 1. The Morgan fingerprint density at radius 3 is 2.83 bits per heavy atom. The second-order valence-corrected chi connectivity index (χ2v) is 6.13. The summed E-state index contributed by atoms with van der Waals surface area (Å²) in [7, 11) is 3.66.